The SMILES string of the molecule is C=C1C/C1=C\C(CCCCl)=C(c1ccc(O)cc1)c1ccc(O)cc1.C=C1CC1=C. The molecule has 2 aromatic carbocycles. The van der Waals surface area contributed by atoms with E-state index in [2.05, 4.69) is 25.8 Å². The highest BCUT2D eigenvalue weighted by Crippen LogP contribution is 2.39. The van der Waals surface area contributed by atoms with Crippen molar-refractivity contribution in [3.63, 3.8) is 0 Å². The molecule has 0 aromatic heterocycles. The van der Waals surface area contributed by atoms with Crippen LogP contribution in [-0.4, -0.2) is 16.1 Å². The van der Waals surface area contributed by atoms with Gasteiger partial charge in [-0.2, -0.15) is 0 Å². The van der Waals surface area contributed by atoms with Gasteiger partial charge >= 0.3 is 0 Å². The normalized spacial score (nSPS) is 15.5. The van der Waals surface area contributed by atoms with Gasteiger partial charge in [-0.1, -0.05) is 50.1 Å². The van der Waals surface area contributed by atoms with Gasteiger partial charge in [-0.15, -0.1) is 11.6 Å². The van der Waals surface area contributed by atoms with Gasteiger partial charge in [-0.3, -0.25) is 0 Å². The van der Waals surface area contributed by atoms with Gasteiger partial charge in [0.15, 0.2) is 0 Å². The predicted octanol–water partition coefficient (Wildman–Crippen LogP) is 7.31. The van der Waals surface area contributed by atoms with Crippen LogP contribution in [0.4, 0.5) is 0 Å². The summed E-state index contributed by atoms with van der Waals surface area (Å²) in [5, 5.41) is 19.3. The zero-order valence-electron chi connectivity index (χ0n) is 17.1. The highest BCUT2D eigenvalue weighted by molar-refractivity contribution is 6.17. The molecule has 154 valence electrons. The molecule has 2 N–H and O–H groups in total. The van der Waals surface area contributed by atoms with Crippen LogP contribution in [0.25, 0.3) is 5.57 Å². The van der Waals surface area contributed by atoms with Crippen molar-refractivity contribution < 1.29 is 10.2 Å². The number of halogens is 1. The third-order valence-electron chi connectivity index (χ3n) is 5.10. The number of aromatic hydroxyl groups is 2. The second-order valence-electron chi connectivity index (χ2n) is 7.62. The first kappa shape index (κ1) is 21.7. The summed E-state index contributed by atoms with van der Waals surface area (Å²) in [5.74, 6) is 1.08. The van der Waals surface area contributed by atoms with Crippen LogP contribution in [-0.2, 0) is 0 Å². The van der Waals surface area contributed by atoms with Crippen molar-refractivity contribution in [3.05, 3.63) is 113 Å². The Bertz CT molecular complexity index is 962. The molecule has 0 bridgehead atoms. The van der Waals surface area contributed by atoms with E-state index < -0.39 is 0 Å². The molecule has 0 atom stereocenters. The Hall–Kier alpha value is -2.97. The van der Waals surface area contributed by atoms with Crippen LogP contribution in [0.2, 0.25) is 0 Å². The number of benzene rings is 2. The lowest BCUT2D eigenvalue weighted by atomic mass is 9.90. The van der Waals surface area contributed by atoms with Crippen LogP contribution >= 0.6 is 11.6 Å². The van der Waals surface area contributed by atoms with Gasteiger partial charge in [0.2, 0.25) is 0 Å². The molecule has 30 heavy (non-hydrogen) atoms. The Morgan fingerprint density at radius 2 is 1.23 bits per heavy atom. The van der Waals surface area contributed by atoms with E-state index in [-0.39, 0.29) is 11.5 Å². The van der Waals surface area contributed by atoms with Crippen molar-refractivity contribution in [2.75, 3.05) is 5.88 Å². The lowest BCUT2D eigenvalue weighted by Crippen LogP contribution is -1.95. The summed E-state index contributed by atoms with van der Waals surface area (Å²) < 4.78 is 0. The highest BCUT2D eigenvalue weighted by Gasteiger charge is 2.20. The van der Waals surface area contributed by atoms with Crippen molar-refractivity contribution in [2.45, 2.75) is 25.7 Å². The molecule has 0 saturated heterocycles. The van der Waals surface area contributed by atoms with Crippen LogP contribution in [0.15, 0.2) is 102 Å². The molecule has 0 unspecified atom stereocenters. The zero-order valence-corrected chi connectivity index (χ0v) is 17.9. The fourth-order valence-electron chi connectivity index (χ4n) is 3.08. The first-order valence-electron chi connectivity index (χ1n) is 10.0. The minimum Gasteiger partial charge on any atom is -0.508 e. The molecule has 0 heterocycles. The Balaban J connectivity index is 0.000000448. The average molecular weight is 419 g/mol. The smallest absolute Gasteiger partial charge is 0.115 e. The third-order valence-corrected chi connectivity index (χ3v) is 5.36. The monoisotopic (exact) mass is 418 g/mol. The van der Waals surface area contributed by atoms with Crippen molar-refractivity contribution >= 4 is 17.2 Å². The minimum absolute atomic E-state index is 0.241. The fourth-order valence-corrected chi connectivity index (χ4v) is 3.22. The van der Waals surface area contributed by atoms with Gasteiger partial charge < -0.3 is 10.2 Å². The van der Waals surface area contributed by atoms with E-state index >= 15 is 0 Å². The zero-order chi connectivity index (χ0) is 21.7. The molecule has 0 aliphatic heterocycles. The number of phenols is 2. The van der Waals surface area contributed by atoms with Crippen LogP contribution in [0.1, 0.15) is 36.8 Å². The van der Waals surface area contributed by atoms with Crippen LogP contribution in [0, 0.1) is 0 Å². The second-order valence-corrected chi connectivity index (χ2v) is 8.00. The molecule has 0 spiro atoms. The van der Waals surface area contributed by atoms with Crippen molar-refractivity contribution in [3.8, 4) is 11.5 Å². The average Bonchev–Trinajstić information content (AvgIpc) is 3.61. The van der Waals surface area contributed by atoms with Crippen LogP contribution in [0.3, 0.4) is 0 Å². The Labute approximate surface area is 183 Å². The van der Waals surface area contributed by atoms with Gasteiger partial charge in [0, 0.05) is 5.88 Å². The van der Waals surface area contributed by atoms with Crippen LogP contribution in [0.5, 0.6) is 11.5 Å². The largest absolute Gasteiger partial charge is 0.508 e. The van der Waals surface area contributed by atoms with E-state index in [0.29, 0.717) is 5.88 Å². The number of alkyl halides is 1. The van der Waals surface area contributed by atoms with E-state index in [9.17, 15) is 10.2 Å². The summed E-state index contributed by atoms with van der Waals surface area (Å²) in [6, 6.07) is 14.4. The molecular weight excluding hydrogens is 392 g/mol. The second kappa shape index (κ2) is 9.69. The lowest BCUT2D eigenvalue weighted by Gasteiger charge is -2.15. The van der Waals surface area contributed by atoms with E-state index in [1.807, 2.05) is 24.3 Å². The third kappa shape index (κ3) is 6.01. The van der Waals surface area contributed by atoms with Gasteiger partial charge in [0.1, 0.15) is 11.5 Å². The molecule has 0 amide bonds. The quantitative estimate of drug-likeness (QED) is 0.483. The molecule has 0 radical (unpaired) electrons. The summed E-state index contributed by atoms with van der Waals surface area (Å²) in [5.41, 5.74) is 9.25. The molecule has 3 heteroatoms. The molecule has 2 saturated carbocycles. The van der Waals surface area contributed by atoms with Gasteiger partial charge in [0.25, 0.3) is 0 Å². The number of rotatable bonds is 6. The Morgan fingerprint density at radius 1 is 0.800 bits per heavy atom. The summed E-state index contributed by atoms with van der Waals surface area (Å²) in [7, 11) is 0. The lowest BCUT2D eigenvalue weighted by molar-refractivity contribution is 0.475. The van der Waals surface area contributed by atoms with Crippen LogP contribution < -0.4 is 0 Å². The predicted molar refractivity (Wildman–Crippen MR) is 127 cm³/mol. The molecule has 2 aliphatic carbocycles. The Morgan fingerprint density at radius 3 is 1.57 bits per heavy atom. The maximum absolute atomic E-state index is 9.63. The van der Waals surface area contributed by atoms with Crippen molar-refractivity contribution in [2.24, 2.45) is 0 Å². The molecule has 2 aromatic rings. The fraction of sp³-hybridized carbons (Fsp3) is 0.185. The van der Waals surface area contributed by atoms with Crippen molar-refractivity contribution in [1.29, 1.82) is 0 Å². The maximum atomic E-state index is 9.63. The first-order valence-corrected chi connectivity index (χ1v) is 10.5. The Kier molecular flexibility index (Phi) is 7.02. The van der Waals surface area contributed by atoms with Gasteiger partial charge in [0.05, 0.1) is 0 Å². The maximum Gasteiger partial charge on any atom is 0.115 e. The first-order chi connectivity index (χ1) is 14.4. The van der Waals surface area contributed by atoms with E-state index in [0.717, 1.165) is 42.4 Å². The summed E-state index contributed by atoms with van der Waals surface area (Å²) in [6.07, 6.45) is 6.00. The summed E-state index contributed by atoms with van der Waals surface area (Å²) in [4.78, 5) is 0. The number of allylic oxidation sites excluding steroid dienone is 6. The van der Waals surface area contributed by atoms with E-state index in [4.69, 9.17) is 11.6 Å². The molecule has 4 rings (SSSR count). The van der Waals surface area contributed by atoms with Gasteiger partial charge in [-0.05, 0) is 94.5 Å². The standard InChI is InChI=1S/C22H21ClO2.C5H6/c1-15-13-19(15)14-18(3-2-12-23)22(16-4-8-20(24)9-5-16)17-6-10-21(25)11-7-17;1-4-3-5(4)2/h4-11,14,24-25H,1-3,12-13H2;1-3H2/b19-14+;. The minimum atomic E-state index is 0.241. The number of phenolic OH excluding ortho intramolecular Hbond substituents is 2. The van der Waals surface area contributed by atoms with Crippen molar-refractivity contribution in [1.82, 2.24) is 0 Å². The molecule has 2 fully saturated rings. The van der Waals surface area contributed by atoms with Gasteiger partial charge in [-0.25, -0.2) is 0 Å². The number of hydrogen-bond acceptors (Lipinski definition) is 2. The molecular formula is C27H27ClO2. The summed E-state index contributed by atoms with van der Waals surface area (Å²) >= 11 is 5.94. The van der Waals surface area contributed by atoms with E-state index in [1.165, 1.54) is 27.9 Å². The summed E-state index contributed by atoms with van der Waals surface area (Å²) in [6.45, 7) is 11.3. The molecule has 2 aliphatic rings. The van der Waals surface area contributed by atoms with E-state index in [1.54, 1.807) is 24.3 Å². The number of hydrogen-bond donors (Lipinski definition) is 2. The topological polar surface area (TPSA) is 40.5 Å². The highest BCUT2D eigenvalue weighted by atomic mass is 35.5. The molecule has 2 nitrogen and oxygen atoms in total.